The molecule has 0 saturated carbocycles. The van der Waals surface area contributed by atoms with Gasteiger partial charge in [-0.2, -0.15) is 0 Å². The highest BCUT2D eigenvalue weighted by atomic mass is 31.1. The Labute approximate surface area is 157 Å². The fraction of sp³-hybridized carbons (Fsp3) is 0.217. The lowest BCUT2D eigenvalue weighted by Crippen LogP contribution is -2.24. The van der Waals surface area contributed by atoms with Crippen LogP contribution >= 0.6 is 7.92 Å². The smallest absolute Gasteiger partial charge is 0.0804 e. The second-order valence-electron chi connectivity index (χ2n) is 6.07. The van der Waals surface area contributed by atoms with Crippen molar-refractivity contribution in [3.63, 3.8) is 0 Å². The maximum atomic E-state index is 6.02. The Morgan fingerprint density at radius 1 is 0.731 bits per heavy atom. The van der Waals surface area contributed by atoms with Crippen LogP contribution < -0.4 is 15.9 Å². The standard InChI is InChI=1S/C23H25O2P/c1-19(25-18-17-24-2)22-15-9-10-16-23(22)26(20-11-5-3-6-12-20)21-13-7-4-8-14-21/h3-16,19H,17-18H2,1-2H3/t19-/m1/s1. The third-order valence-electron chi connectivity index (χ3n) is 4.30. The topological polar surface area (TPSA) is 18.5 Å². The van der Waals surface area contributed by atoms with E-state index in [0.717, 1.165) is 0 Å². The molecule has 0 aliphatic carbocycles. The van der Waals surface area contributed by atoms with E-state index in [9.17, 15) is 0 Å². The van der Waals surface area contributed by atoms with Crippen LogP contribution in [-0.4, -0.2) is 20.3 Å². The molecule has 0 aromatic heterocycles. The average Bonchev–Trinajstić information content (AvgIpc) is 2.70. The summed E-state index contributed by atoms with van der Waals surface area (Å²) in [5, 5.41) is 4.06. The largest absolute Gasteiger partial charge is 0.382 e. The van der Waals surface area contributed by atoms with Crippen LogP contribution in [0, 0.1) is 0 Å². The van der Waals surface area contributed by atoms with Crippen LogP contribution in [0.15, 0.2) is 84.9 Å². The first kappa shape index (κ1) is 18.8. The molecule has 3 aromatic carbocycles. The predicted octanol–water partition coefficient (Wildman–Crippen LogP) is 4.17. The molecule has 0 bridgehead atoms. The Hall–Kier alpha value is -1.99. The summed E-state index contributed by atoms with van der Waals surface area (Å²) in [5.41, 5.74) is 1.25. The number of methoxy groups -OCH3 is 1. The van der Waals surface area contributed by atoms with Crippen LogP contribution in [0.25, 0.3) is 0 Å². The van der Waals surface area contributed by atoms with Crippen molar-refractivity contribution >= 4 is 23.8 Å². The molecule has 0 heterocycles. The number of hydrogen-bond donors (Lipinski definition) is 0. The van der Waals surface area contributed by atoms with Gasteiger partial charge < -0.3 is 9.47 Å². The highest BCUT2D eigenvalue weighted by Gasteiger charge is 2.21. The molecule has 3 heteroatoms. The van der Waals surface area contributed by atoms with E-state index in [1.165, 1.54) is 21.5 Å². The van der Waals surface area contributed by atoms with E-state index in [1.54, 1.807) is 7.11 Å². The molecule has 3 rings (SSSR count). The van der Waals surface area contributed by atoms with E-state index in [4.69, 9.17) is 9.47 Å². The number of rotatable bonds is 8. The highest BCUT2D eigenvalue weighted by Crippen LogP contribution is 2.35. The molecule has 0 aliphatic heterocycles. The Morgan fingerprint density at radius 2 is 1.27 bits per heavy atom. The Bertz CT molecular complexity index is 750. The van der Waals surface area contributed by atoms with E-state index in [-0.39, 0.29) is 6.10 Å². The summed E-state index contributed by atoms with van der Waals surface area (Å²) in [6, 6.07) is 30.2. The van der Waals surface area contributed by atoms with Gasteiger partial charge in [-0.15, -0.1) is 0 Å². The Balaban J connectivity index is 2.02. The van der Waals surface area contributed by atoms with Crippen molar-refractivity contribution in [1.82, 2.24) is 0 Å². The first-order valence-corrected chi connectivity index (χ1v) is 10.2. The Kier molecular flexibility index (Phi) is 6.96. The average molecular weight is 364 g/mol. The SMILES string of the molecule is COCCO[C@H](C)c1ccccc1P(c1ccccc1)c1ccccc1. The van der Waals surface area contributed by atoms with Crippen LogP contribution in [-0.2, 0) is 9.47 Å². The summed E-state index contributed by atoms with van der Waals surface area (Å²) in [4.78, 5) is 0. The van der Waals surface area contributed by atoms with Gasteiger partial charge in [-0.1, -0.05) is 84.9 Å². The van der Waals surface area contributed by atoms with E-state index < -0.39 is 7.92 Å². The molecular formula is C23H25O2P. The summed E-state index contributed by atoms with van der Waals surface area (Å²) < 4.78 is 11.1. The van der Waals surface area contributed by atoms with E-state index >= 15 is 0 Å². The van der Waals surface area contributed by atoms with Crippen molar-refractivity contribution in [1.29, 1.82) is 0 Å². The van der Waals surface area contributed by atoms with Gasteiger partial charge >= 0.3 is 0 Å². The molecule has 0 aliphatic rings. The molecule has 0 spiro atoms. The molecule has 26 heavy (non-hydrogen) atoms. The van der Waals surface area contributed by atoms with Crippen molar-refractivity contribution in [2.24, 2.45) is 0 Å². The van der Waals surface area contributed by atoms with Gasteiger partial charge in [0.2, 0.25) is 0 Å². The summed E-state index contributed by atoms with van der Waals surface area (Å²) in [7, 11) is 1.07. The van der Waals surface area contributed by atoms with Gasteiger partial charge in [0.25, 0.3) is 0 Å². The predicted molar refractivity (Wildman–Crippen MR) is 111 cm³/mol. The molecule has 0 amide bonds. The molecular weight excluding hydrogens is 339 g/mol. The maximum absolute atomic E-state index is 6.02. The summed E-state index contributed by atoms with van der Waals surface area (Å²) in [5.74, 6) is 0. The molecule has 3 aromatic rings. The third kappa shape index (κ3) is 4.59. The summed E-state index contributed by atoms with van der Waals surface area (Å²) in [6.07, 6.45) is 0.0266. The molecule has 0 fully saturated rings. The zero-order valence-electron chi connectivity index (χ0n) is 15.3. The van der Waals surface area contributed by atoms with Crippen molar-refractivity contribution in [3.05, 3.63) is 90.5 Å². The van der Waals surface area contributed by atoms with Crippen LogP contribution in [0.4, 0.5) is 0 Å². The van der Waals surface area contributed by atoms with E-state index in [0.29, 0.717) is 13.2 Å². The maximum Gasteiger partial charge on any atom is 0.0804 e. The summed E-state index contributed by atoms with van der Waals surface area (Å²) >= 11 is 0. The van der Waals surface area contributed by atoms with Gasteiger partial charge in [0.15, 0.2) is 0 Å². The van der Waals surface area contributed by atoms with Crippen molar-refractivity contribution in [2.45, 2.75) is 13.0 Å². The highest BCUT2D eigenvalue weighted by molar-refractivity contribution is 7.79. The number of benzene rings is 3. The quantitative estimate of drug-likeness (QED) is 0.441. The molecule has 0 N–H and O–H groups in total. The monoisotopic (exact) mass is 364 g/mol. The molecule has 1 atom stereocenters. The van der Waals surface area contributed by atoms with Crippen molar-refractivity contribution in [3.8, 4) is 0 Å². The second kappa shape index (κ2) is 9.64. The van der Waals surface area contributed by atoms with E-state index in [2.05, 4.69) is 91.9 Å². The van der Waals surface area contributed by atoms with Gasteiger partial charge in [-0.3, -0.25) is 0 Å². The lowest BCUT2D eigenvalue weighted by atomic mass is 10.1. The van der Waals surface area contributed by atoms with Crippen molar-refractivity contribution in [2.75, 3.05) is 20.3 Å². The molecule has 0 unspecified atom stereocenters. The fourth-order valence-electron chi connectivity index (χ4n) is 3.01. The van der Waals surface area contributed by atoms with Gasteiger partial charge in [-0.05, 0) is 36.3 Å². The zero-order chi connectivity index (χ0) is 18.2. The van der Waals surface area contributed by atoms with Gasteiger partial charge in [0.05, 0.1) is 19.3 Å². The lowest BCUT2D eigenvalue weighted by Gasteiger charge is -2.25. The summed E-state index contributed by atoms with van der Waals surface area (Å²) in [6.45, 7) is 3.33. The fourth-order valence-corrected chi connectivity index (χ4v) is 5.56. The minimum absolute atomic E-state index is 0.0266. The minimum Gasteiger partial charge on any atom is -0.382 e. The molecule has 134 valence electrons. The van der Waals surface area contributed by atoms with Crippen molar-refractivity contribution < 1.29 is 9.47 Å². The number of hydrogen-bond acceptors (Lipinski definition) is 2. The van der Waals surface area contributed by atoms with Crippen LogP contribution in [0.5, 0.6) is 0 Å². The van der Waals surface area contributed by atoms with Crippen LogP contribution in [0.1, 0.15) is 18.6 Å². The zero-order valence-corrected chi connectivity index (χ0v) is 16.2. The van der Waals surface area contributed by atoms with Crippen LogP contribution in [0.3, 0.4) is 0 Å². The number of ether oxygens (including phenoxy) is 2. The Morgan fingerprint density at radius 3 is 1.85 bits per heavy atom. The third-order valence-corrected chi connectivity index (χ3v) is 6.82. The van der Waals surface area contributed by atoms with Gasteiger partial charge in [0.1, 0.15) is 0 Å². The van der Waals surface area contributed by atoms with E-state index in [1.807, 2.05) is 0 Å². The lowest BCUT2D eigenvalue weighted by molar-refractivity contribution is 0.0260. The minimum atomic E-state index is -0.629. The van der Waals surface area contributed by atoms with Gasteiger partial charge in [0, 0.05) is 7.11 Å². The first-order chi connectivity index (χ1) is 12.8. The molecule has 0 radical (unpaired) electrons. The normalized spacial score (nSPS) is 12.3. The van der Waals surface area contributed by atoms with Gasteiger partial charge in [-0.25, -0.2) is 0 Å². The van der Waals surface area contributed by atoms with Crippen LogP contribution in [0.2, 0.25) is 0 Å². The molecule has 2 nitrogen and oxygen atoms in total. The molecule has 0 saturated heterocycles. The second-order valence-corrected chi connectivity index (χ2v) is 8.26. The first-order valence-electron chi connectivity index (χ1n) is 8.91.